The molecule has 2 aromatic heterocycles. The molecule has 120 valence electrons. The second-order valence-corrected chi connectivity index (χ2v) is 5.91. The lowest BCUT2D eigenvalue weighted by atomic mass is 10.3. The van der Waals surface area contributed by atoms with E-state index in [9.17, 15) is 4.79 Å². The zero-order chi connectivity index (χ0) is 16.3. The standard InChI is InChI=1S/C13H19N5O3S/c1-6-21-12(19)8(2)22-13-15-14-10(18(13)4)9-7-17(3)16-11(9)20-5/h7-8H,6H2,1-5H3/t8-/m0/s1. The van der Waals surface area contributed by atoms with Crippen LogP contribution >= 0.6 is 11.8 Å². The van der Waals surface area contributed by atoms with E-state index in [1.54, 1.807) is 37.3 Å². The molecule has 0 saturated heterocycles. The van der Waals surface area contributed by atoms with Crippen LogP contribution in [0.15, 0.2) is 11.4 Å². The van der Waals surface area contributed by atoms with Crippen LogP contribution < -0.4 is 4.74 Å². The first kappa shape index (κ1) is 16.3. The molecule has 8 nitrogen and oxygen atoms in total. The number of methoxy groups -OCH3 is 1. The molecule has 1 atom stereocenters. The summed E-state index contributed by atoms with van der Waals surface area (Å²) in [6.45, 7) is 3.92. The summed E-state index contributed by atoms with van der Waals surface area (Å²) in [4.78, 5) is 11.7. The Balaban J connectivity index is 2.24. The maximum atomic E-state index is 11.7. The van der Waals surface area contributed by atoms with Gasteiger partial charge in [-0.15, -0.1) is 15.3 Å². The predicted octanol–water partition coefficient (Wildman–Crippen LogP) is 1.27. The van der Waals surface area contributed by atoms with Crippen LogP contribution in [0.4, 0.5) is 0 Å². The van der Waals surface area contributed by atoms with Gasteiger partial charge in [-0.2, -0.15) is 0 Å². The highest BCUT2D eigenvalue weighted by Gasteiger charge is 2.22. The molecule has 2 rings (SSSR count). The van der Waals surface area contributed by atoms with E-state index >= 15 is 0 Å². The molecule has 22 heavy (non-hydrogen) atoms. The minimum absolute atomic E-state index is 0.268. The van der Waals surface area contributed by atoms with E-state index in [1.807, 2.05) is 13.2 Å². The van der Waals surface area contributed by atoms with Crippen molar-refractivity contribution in [2.24, 2.45) is 14.1 Å². The maximum absolute atomic E-state index is 11.7. The predicted molar refractivity (Wildman–Crippen MR) is 81.7 cm³/mol. The second kappa shape index (κ2) is 6.82. The number of carbonyl (C=O) groups is 1. The quantitative estimate of drug-likeness (QED) is 0.584. The van der Waals surface area contributed by atoms with Crippen LogP contribution in [0.5, 0.6) is 5.88 Å². The number of aromatic nitrogens is 5. The van der Waals surface area contributed by atoms with Crippen LogP contribution in [-0.4, -0.2) is 49.5 Å². The van der Waals surface area contributed by atoms with E-state index in [0.29, 0.717) is 23.5 Å². The molecule has 0 aliphatic rings. The highest BCUT2D eigenvalue weighted by atomic mass is 32.2. The first-order chi connectivity index (χ1) is 10.5. The van der Waals surface area contributed by atoms with Crippen molar-refractivity contribution in [3.05, 3.63) is 6.20 Å². The lowest BCUT2D eigenvalue weighted by Gasteiger charge is -2.09. The Bertz CT molecular complexity index is 667. The Morgan fingerprint density at radius 1 is 1.41 bits per heavy atom. The first-order valence-electron chi connectivity index (χ1n) is 6.78. The summed E-state index contributed by atoms with van der Waals surface area (Å²) in [5.41, 5.74) is 0.746. The normalized spacial score (nSPS) is 12.2. The minimum atomic E-state index is -0.355. The molecule has 0 aliphatic heterocycles. The van der Waals surface area contributed by atoms with E-state index in [4.69, 9.17) is 9.47 Å². The van der Waals surface area contributed by atoms with Crippen molar-refractivity contribution in [2.75, 3.05) is 13.7 Å². The van der Waals surface area contributed by atoms with Gasteiger partial charge in [-0.1, -0.05) is 11.8 Å². The molecule has 0 unspecified atom stereocenters. The molecule has 0 aliphatic carbocycles. The van der Waals surface area contributed by atoms with Crippen molar-refractivity contribution in [1.29, 1.82) is 0 Å². The lowest BCUT2D eigenvalue weighted by molar-refractivity contribution is -0.142. The summed E-state index contributed by atoms with van der Waals surface area (Å²) >= 11 is 1.30. The summed E-state index contributed by atoms with van der Waals surface area (Å²) in [6, 6.07) is 0. The number of carbonyl (C=O) groups excluding carboxylic acids is 1. The van der Waals surface area contributed by atoms with Gasteiger partial charge in [-0.05, 0) is 13.8 Å². The van der Waals surface area contributed by atoms with Gasteiger partial charge < -0.3 is 14.0 Å². The average molecular weight is 325 g/mol. The third-order valence-corrected chi connectivity index (χ3v) is 4.08. The zero-order valence-electron chi connectivity index (χ0n) is 13.2. The Hall–Kier alpha value is -2.03. The van der Waals surface area contributed by atoms with Gasteiger partial charge in [0.05, 0.1) is 13.7 Å². The topological polar surface area (TPSA) is 84.1 Å². The van der Waals surface area contributed by atoms with E-state index in [1.165, 1.54) is 11.8 Å². The van der Waals surface area contributed by atoms with Gasteiger partial charge in [0.15, 0.2) is 11.0 Å². The van der Waals surface area contributed by atoms with Gasteiger partial charge in [0, 0.05) is 20.3 Å². The smallest absolute Gasteiger partial charge is 0.319 e. The van der Waals surface area contributed by atoms with Gasteiger partial charge >= 0.3 is 5.97 Å². The monoisotopic (exact) mass is 325 g/mol. The Morgan fingerprint density at radius 2 is 2.14 bits per heavy atom. The van der Waals surface area contributed by atoms with Gasteiger partial charge in [0.1, 0.15) is 10.8 Å². The molecular formula is C13H19N5O3S. The number of nitrogens with zero attached hydrogens (tertiary/aromatic N) is 5. The summed E-state index contributed by atoms with van der Waals surface area (Å²) in [5, 5.41) is 12.8. The molecule has 0 saturated carbocycles. The Labute approximate surface area is 132 Å². The molecular weight excluding hydrogens is 306 g/mol. The van der Waals surface area contributed by atoms with Gasteiger partial charge in [0.25, 0.3) is 0 Å². The van der Waals surface area contributed by atoms with Crippen LogP contribution in [-0.2, 0) is 23.6 Å². The van der Waals surface area contributed by atoms with Crippen LogP contribution in [0.1, 0.15) is 13.8 Å². The molecule has 0 aromatic carbocycles. The third kappa shape index (κ3) is 3.24. The van der Waals surface area contributed by atoms with Crippen molar-refractivity contribution in [1.82, 2.24) is 24.5 Å². The SMILES string of the molecule is CCOC(=O)[C@H](C)Sc1nnc(-c2cn(C)nc2OC)n1C. The van der Waals surface area contributed by atoms with Gasteiger partial charge in [-0.25, -0.2) is 0 Å². The average Bonchev–Trinajstić information content (AvgIpc) is 3.02. The molecule has 2 heterocycles. The third-order valence-electron chi connectivity index (χ3n) is 2.96. The molecule has 0 N–H and O–H groups in total. The number of esters is 1. The van der Waals surface area contributed by atoms with Gasteiger partial charge in [0.2, 0.25) is 5.88 Å². The summed E-state index contributed by atoms with van der Waals surface area (Å²) < 4.78 is 13.7. The van der Waals surface area contributed by atoms with Gasteiger partial charge in [-0.3, -0.25) is 9.48 Å². The lowest BCUT2D eigenvalue weighted by Crippen LogP contribution is -2.17. The molecule has 0 bridgehead atoms. The van der Waals surface area contributed by atoms with Crippen LogP contribution in [0, 0.1) is 0 Å². The Morgan fingerprint density at radius 3 is 2.77 bits per heavy atom. The van der Waals surface area contributed by atoms with Crippen molar-refractivity contribution in [2.45, 2.75) is 24.3 Å². The number of hydrogen-bond acceptors (Lipinski definition) is 7. The fourth-order valence-electron chi connectivity index (χ4n) is 1.89. The Kier molecular flexibility index (Phi) is 5.07. The minimum Gasteiger partial charge on any atom is -0.479 e. The summed E-state index contributed by atoms with van der Waals surface area (Å²) in [6.07, 6.45) is 1.81. The van der Waals surface area contributed by atoms with Crippen molar-refractivity contribution >= 4 is 17.7 Å². The second-order valence-electron chi connectivity index (χ2n) is 4.60. The van der Waals surface area contributed by atoms with Crippen molar-refractivity contribution in [3.63, 3.8) is 0 Å². The molecule has 0 amide bonds. The van der Waals surface area contributed by atoms with Crippen molar-refractivity contribution in [3.8, 4) is 17.3 Å². The number of aryl methyl sites for hydroxylation is 1. The fourth-order valence-corrected chi connectivity index (χ4v) is 2.70. The molecule has 0 radical (unpaired) electrons. The van der Waals surface area contributed by atoms with Crippen LogP contribution in [0.2, 0.25) is 0 Å². The highest BCUT2D eigenvalue weighted by molar-refractivity contribution is 8.00. The number of thioether (sulfide) groups is 1. The summed E-state index contributed by atoms with van der Waals surface area (Å²) in [5.74, 6) is 0.840. The zero-order valence-corrected chi connectivity index (χ0v) is 14.0. The highest BCUT2D eigenvalue weighted by Crippen LogP contribution is 2.30. The number of hydrogen-bond donors (Lipinski definition) is 0. The van der Waals surface area contributed by atoms with E-state index in [2.05, 4.69) is 15.3 Å². The molecule has 2 aromatic rings. The fraction of sp³-hybridized carbons (Fsp3) is 0.538. The number of rotatable bonds is 6. The maximum Gasteiger partial charge on any atom is 0.319 e. The largest absolute Gasteiger partial charge is 0.479 e. The molecule has 0 fully saturated rings. The van der Waals surface area contributed by atoms with Crippen LogP contribution in [0.25, 0.3) is 11.4 Å². The van der Waals surface area contributed by atoms with E-state index < -0.39 is 0 Å². The van der Waals surface area contributed by atoms with Crippen LogP contribution in [0.3, 0.4) is 0 Å². The first-order valence-corrected chi connectivity index (χ1v) is 7.66. The van der Waals surface area contributed by atoms with E-state index in [0.717, 1.165) is 5.56 Å². The number of ether oxygens (including phenoxy) is 2. The molecule has 0 spiro atoms. The van der Waals surface area contributed by atoms with E-state index in [-0.39, 0.29) is 11.2 Å². The van der Waals surface area contributed by atoms with Crippen molar-refractivity contribution < 1.29 is 14.3 Å². The molecule has 9 heteroatoms. The summed E-state index contributed by atoms with van der Waals surface area (Å²) in [7, 11) is 5.20.